The quantitative estimate of drug-likeness (QED) is 0.544. The summed E-state index contributed by atoms with van der Waals surface area (Å²) in [6.45, 7) is 1.78. The van der Waals surface area contributed by atoms with Crippen LogP contribution in [-0.2, 0) is 14.6 Å². The van der Waals surface area contributed by atoms with Gasteiger partial charge in [-0.15, -0.1) is 0 Å². The van der Waals surface area contributed by atoms with E-state index in [0.717, 1.165) is 0 Å². The molecule has 0 aromatic heterocycles. The minimum Gasteiger partial charge on any atom is -0.478 e. The number of rotatable bonds is 7. The van der Waals surface area contributed by atoms with Gasteiger partial charge in [-0.25, -0.2) is 13.2 Å². The Morgan fingerprint density at radius 3 is 2.47 bits per heavy atom. The van der Waals surface area contributed by atoms with E-state index >= 15 is 0 Å². The van der Waals surface area contributed by atoms with Crippen LogP contribution in [0.25, 0.3) is 0 Å². The number of aliphatic carboxylic acids is 1. The summed E-state index contributed by atoms with van der Waals surface area (Å²) in [7, 11) is -2.90. The van der Waals surface area contributed by atoms with Crippen LogP contribution in [0.4, 0.5) is 0 Å². The summed E-state index contributed by atoms with van der Waals surface area (Å²) >= 11 is 1.42. The minimum absolute atomic E-state index is 0.139. The van der Waals surface area contributed by atoms with Gasteiger partial charge in [0.15, 0.2) is 0 Å². The third-order valence-corrected chi connectivity index (χ3v) is 3.80. The first-order chi connectivity index (χ1) is 6.87. The van der Waals surface area contributed by atoms with Crippen LogP contribution in [0.1, 0.15) is 13.3 Å². The summed E-state index contributed by atoms with van der Waals surface area (Å²) in [4.78, 5) is 10.6. The maximum atomic E-state index is 10.8. The van der Waals surface area contributed by atoms with Gasteiger partial charge in [0.05, 0.1) is 5.75 Å². The molecule has 15 heavy (non-hydrogen) atoms. The van der Waals surface area contributed by atoms with Crippen molar-refractivity contribution in [1.82, 2.24) is 0 Å². The molecule has 0 bridgehead atoms. The topological polar surface area (TPSA) is 71.4 Å². The van der Waals surface area contributed by atoms with E-state index in [1.165, 1.54) is 18.0 Å². The SMILES string of the molecule is CCC(=CCSCCS(C)(=O)=O)C(=O)O. The van der Waals surface area contributed by atoms with Crippen molar-refractivity contribution >= 4 is 27.6 Å². The van der Waals surface area contributed by atoms with Crippen molar-refractivity contribution in [1.29, 1.82) is 0 Å². The molecular weight excluding hydrogens is 236 g/mol. The van der Waals surface area contributed by atoms with Crippen LogP contribution in [0.15, 0.2) is 11.6 Å². The molecule has 0 aliphatic heterocycles. The summed E-state index contributed by atoms with van der Waals surface area (Å²) in [5.74, 6) is 0.290. The highest BCUT2D eigenvalue weighted by atomic mass is 32.2. The maximum absolute atomic E-state index is 10.8. The first-order valence-corrected chi connectivity index (χ1v) is 7.76. The van der Waals surface area contributed by atoms with E-state index < -0.39 is 15.8 Å². The van der Waals surface area contributed by atoms with Gasteiger partial charge in [-0.05, 0) is 6.42 Å². The molecule has 0 saturated heterocycles. The van der Waals surface area contributed by atoms with Crippen LogP contribution >= 0.6 is 11.8 Å². The van der Waals surface area contributed by atoms with Gasteiger partial charge in [0.1, 0.15) is 9.84 Å². The lowest BCUT2D eigenvalue weighted by atomic mass is 10.2. The van der Waals surface area contributed by atoms with Gasteiger partial charge >= 0.3 is 5.97 Å². The molecule has 0 unspecified atom stereocenters. The third-order valence-electron chi connectivity index (χ3n) is 1.70. The fourth-order valence-corrected chi connectivity index (χ4v) is 3.00. The molecule has 0 radical (unpaired) electrons. The number of carboxylic acid groups (broad SMARTS) is 1. The van der Waals surface area contributed by atoms with Gasteiger partial charge in [0.25, 0.3) is 0 Å². The second-order valence-corrected chi connectivity index (χ2v) is 6.50. The fourth-order valence-electron chi connectivity index (χ4n) is 0.836. The first kappa shape index (κ1) is 14.5. The predicted molar refractivity (Wildman–Crippen MR) is 63.0 cm³/mol. The van der Waals surface area contributed by atoms with Crippen LogP contribution in [-0.4, -0.2) is 43.0 Å². The Labute approximate surface area is 94.7 Å². The molecule has 0 fully saturated rings. The van der Waals surface area contributed by atoms with Gasteiger partial charge in [0.2, 0.25) is 0 Å². The second kappa shape index (κ2) is 6.90. The molecule has 0 heterocycles. The van der Waals surface area contributed by atoms with E-state index in [9.17, 15) is 13.2 Å². The Morgan fingerprint density at radius 2 is 2.07 bits per heavy atom. The molecule has 0 saturated carbocycles. The highest BCUT2D eigenvalue weighted by Crippen LogP contribution is 2.06. The zero-order valence-electron chi connectivity index (χ0n) is 8.89. The zero-order chi connectivity index (χ0) is 11.9. The third kappa shape index (κ3) is 8.50. The Kier molecular flexibility index (Phi) is 6.67. The van der Waals surface area contributed by atoms with Crippen LogP contribution in [0.3, 0.4) is 0 Å². The number of hydrogen-bond acceptors (Lipinski definition) is 4. The number of sulfone groups is 1. The molecule has 0 amide bonds. The monoisotopic (exact) mass is 252 g/mol. The number of thioether (sulfide) groups is 1. The van der Waals surface area contributed by atoms with Crippen molar-refractivity contribution in [2.75, 3.05) is 23.5 Å². The summed E-state index contributed by atoms with van der Waals surface area (Å²) in [5, 5.41) is 8.69. The van der Waals surface area contributed by atoms with Gasteiger partial charge in [0, 0.05) is 23.3 Å². The summed E-state index contributed by atoms with van der Waals surface area (Å²) < 4.78 is 21.5. The molecule has 0 aliphatic rings. The molecule has 0 rings (SSSR count). The Hall–Kier alpha value is -0.490. The molecule has 6 heteroatoms. The van der Waals surface area contributed by atoms with Crippen molar-refractivity contribution in [2.45, 2.75) is 13.3 Å². The molecule has 4 nitrogen and oxygen atoms in total. The molecular formula is C9H16O4S2. The normalized spacial score (nSPS) is 12.8. The highest BCUT2D eigenvalue weighted by Gasteiger charge is 2.04. The largest absolute Gasteiger partial charge is 0.478 e. The molecule has 88 valence electrons. The average Bonchev–Trinajstić information content (AvgIpc) is 2.08. The van der Waals surface area contributed by atoms with Crippen molar-refractivity contribution in [3.63, 3.8) is 0 Å². The van der Waals surface area contributed by atoms with Crippen LogP contribution in [0.2, 0.25) is 0 Å². The highest BCUT2D eigenvalue weighted by molar-refractivity contribution is 8.00. The molecule has 0 atom stereocenters. The Bertz CT molecular complexity index is 330. The van der Waals surface area contributed by atoms with E-state index in [1.807, 2.05) is 0 Å². The predicted octanol–water partition coefficient (Wildman–Crippen LogP) is 1.19. The minimum atomic E-state index is -2.90. The molecule has 1 N–H and O–H groups in total. The van der Waals surface area contributed by atoms with E-state index in [2.05, 4.69) is 0 Å². The lowest BCUT2D eigenvalue weighted by molar-refractivity contribution is -0.132. The maximum Gasteiger partial charge on any atom is 0.331 e. The van der Waals surface area contributed by atoms with Gasteiger partial charge in [-0.3, -0.25) is 0 Å². The number of carbonyl (C=O) groups is 1. The summed E-state index contributed by atoms with van der Waals surface area (Å²) in [5.41, 5.74) is 0.377. The van der Waals surface area contributed by atoms with Crippen molar-refractivity contribution in [2.24, 2.45) is 0 Å². The first-order valence-electron chi connectivity index (χ1n) is 4.54. The van der Waals surface area contributed by atoms with E-state index in [4.69, 9.17) is 5.11 Å². The van der Waals surface area contributed by atoms with Crippen LogP contribution in [0.5, 0.6) is 0 Å². The van der Waals surface area contributed by atoms with E-state index in [0.29, 0.717) is 23.5 Å². The smallest absolute Gasteiger partial charge is 0.331 e. The lowest BCUT2D eigenvalue weighted by Crippen LogP contribution is -2.05. The van der Waals surface area contributed by atoms with Gasteiger partial charge in [-0.1, -0.05) is 13.0 Å². The van der Waals surface area contributed by atoms with E-state index in [-0.39, 0.29) is 5.75 Å². The summed E-state index contributed by atoms with van der Waals surface area (Å²) in [6.07, 6.45) is 3.31. The Morgan fingerprint density at radius 1 is 1.47 bits per heavy atom. The van der Waals surface area contributed by atoms with Crippen LogP contribution in [0, 0.1) is 0 Å². The average molecular weight is 252 g/mol. The van der Waals surface area contributed by atoms with E-state index in [1.54, 1.807) is 13.0 Å². The number of hydrogen-bond donors (Lipinski definition) is 1. The van der Waals surface area contributed by atoms with Gasteiger partial charge in [-0.2, -0.15) is 11.8 Å². The fraction of sp³-hybridized carbons (Fsp3) is 0.667. The second-order valence-electron chi connectivity index (χ2n) is 3.09. The van der Waals surface area contributed by atoms with Crippen LogP contribution < -0.4 is 0 Å². The van der Waals surface area contributed by atoms with Crippen molar-refractivity contribution in [3.8, 4) is 0 Å². The zero-order valence-corrected chi connectivity index (χ0v) is 10.5. The summed E-state index contributed by atoms with van der Waals surface area (Å²) in [6, 6.07) is 0. The lowest BCUT2D eigenvalue weighted by Gasteiger charge is -1.99. The van der Waals surface area contributed by atoms with Gasteiger partial charge < -0.3 is 5.11 Å². The van der Waals surface area contributed by atoms with Crippen molar-refractivity contribution < 1.29 is 18.3 Å². The standard InChI is InChI=1S/C9H16O4S2/c1-3-8(9(10)11)4-5-14-6-7-15(2,12)13/h4H,3,5-7H2,1-2H3,(H,10,11). The molecule has 0 aliphatic carbocycles. The van der Waals surface area contributed by atoms with Crippen molar-refractivity contribution in [3.05, 3.63) is 11.6 Å². The molecule has 0 spiro atoms. The molecule has 0 aromatic rings. The molecule has 0 aromatic carbocycles. The number of carboxylic acids is 1. The Balaban J connectivity index is 3.83.